The van der Waals surface area contributed by atoms with E-state index in [0.29, 0.717) is 26.2 Å². The lowest BCUT2D eigenvalue weighted by molar-refractivity contribution is -0.0299. The summed E-state index contributed by atoms with van der Waals surface area (Å²) in [5.74, 6) is 0. The molecule has 0 aliphatic rings. The third-order valence-corrected chi connectivity index (χ3v) is 2.32. The first-order valence-electron chi connectivity index (χ1n) is 4.74. The Balaban J connectivity index is 3.68. The first kappa shape index (κ1) is 12.8. The summed E-state index contributed by atoms with van der Waals surface area (Å²) in [7, 11) is 0. The SMILES string of the molecule is CCC(CO)(CO)COCCCN. The molecule has 0 aromatic rings. The second-order valence-corrected chi connectivity index (χ2v) is 3.36. The summed E-state index contributed by atoms with van der Waals surface area (Å²) in [6.45, 7) is 3.45. The molecule has 0 aliphatic heterocycles. The Labute approximate surface area is 79.7 Å². The molecule has 13 heavy (non-hydrogen) atoms. The van der Waals surface area contributed by atoms with E-state index in [1.165, 1.54) is 0 Å². The first-order chi connectivity index (χ1) is 6.24. The molecule has 0 bridgehead atoms. The summed E-state index contributed by atoms with van der Waals surface area (Å²) >= 11 is 0. The average Bonchev–Trinajstić information content (AvgIpc) is 2.20. The predicted octanol–water partition coefficient (Wildman–Crippen LogP) is -0.267. The zero-order valence-corrected chi connectivity index (χ0v) is 8.33. The molecule has 4 heteroatoms. The van der Waals surface area contributed by atoms with Crippen LogP contribution in [0.15, 0.2) is 0 Å². The summed E-state index contributed by atoms with van der Waals surface area (Å²) in [5.41, 5.74) is 4.82. The maximum absolute atomic E-state index is 9.07. The topological polar surface area (TPSA) is 75.7 Å². The van der Waals surface area contributed by atoms with Crippen molar-refractivity contribution >= 4 is 0 Å². The monoisotopic (exact) mass is 191 g/mol. The van der Waals surface area contributed by atoms with Crippen LogP contribution in [-0.2, 0) is 4.74 Å². The van der Waals surface area contributed by atoms with Crippen molar-refractivity contribution in [3.8, 4) is 0 Å². The van der Waals surface area contributed by atoms with E-state index in [4.69, 9.17) is 20.7 Å². The second kappa shape index (κ2) is 7.26. The van der Waals surface area contributed by atoms with Gasteiger partial charge in [-0.3, -0.25) is 0 Å². The van der Waals surface area contributed by atoms with Crippen LogP contribution in [-0.4, -0.2) is 43.2 Å². The minimum absolute atomic E-state index is 0.0391. The Morgan fingerprint density at radius 1 is 1.31 bits per heavy atom. The minimum atomic E-state index is -0.478. The number of ether oxygens (including phenoxy) is 1. The molecule has 0 aliphatic carbocycles. The van der Waals surface area contributed by atoms with Gasteiger partial charge in [0.05, 0.1) is 19.8 Å². The molecule has 80 valence electrons. The maximum Gasteiger partial charge on any atom is 0.0566 e. The molecule has 0 fully saturated rings. The van der Waals surface area contributed by atoms with Crippen molar-refractivity contribution in [2.45, 2.75) is 19.8 Å². The first-order valence-corrected chi connectivity index (χ1v) is 4.74. The molecule has 0 aromatic carbocycles. The lowest BCUT2D eigenvalue weighted by atomic mass is 9.88. The Morgan fingerprint density at radius 3 is 2.31 bits per heavy atom. The number of nitrogens with two attached hydrogens (primary N) is 1. The molecule has 0 saturated heterocycles. The van der Waals surface area contributed by atoms with Crippen LogP contribution in [0.4, 0.5) is 0 Å². The van der Waals surface area contributed by atoms with E-state index in [9.17, 15) is 0 Å². The molecule has 0 amide bonds. The highest BCUT2D eigenvalue weighted by Crippen LogP contribution is 2.20. The molecule has 4 nitrogen and oxygen atoms in total. The zero-order valence-electron chi connectivity index (χ0n) is 8.33. The van der Waals surface area contributed by atoms with Crippen LogP contribution in [0.5, 0.6) is 0 Å². The highest BCUT2D eigenvalue weighted by molar-refractivity contribution is 4.75. The summed E-state index contributed by atoms with van der Waals surface area (Å²) in [5, 5.41) is 18.1. The van der Waals surface area contributed by atoms with E-state index in [1.54, 1.807) is 0 Å². The van der Waals surface area contributed by atoms with Gasteiger partial charge in [0.2, 0.25) is 0 Å². The number of rotatable bonds is 8. The average molecular weight is 191 g/mol. The molecule has 4 N–H and O–H groups in total. The highest BCUT2D eigenvalue weighted by atomic mass is 16.5. The molecular formula is C9H21NO3. The Bertz CT molecular complexity index is 107. The quantitative estimate of drug-likeness (QED) is 0.462. The van der Waals surface area contributed by atoms with Crippen LogP contribution >= 0.6 is 0 Å². The van der Waals surface area contributed by atoms with Crippen molar-refractivity contribution in [1.29, 1.82) is 0 Å². The Morgan fingerprint density at radius 2 is 1.92 bits per heavy atom. The molecule has 0 unspecified atom stereocenters. The number of hydrogen-bond acceptors (Lipinski definition) is 4. The van der Waals surface area contributed by atoms with Crippen LogP contribution in [0.25, 0.3) is 0 Å². The fourth-order valence-electron chi connectivity index (χ4n) is 0.941. The van der Waals surface area contributed by atoms with E-state index in [1.807, 2.05) is 6.92 Å². The third kappa shape index (κ3) is 4.57. The lowest BCUT2D eigenvalue weighted by Gasteiger charge is -2.27. The molecule has 0 aromatic heterocycles. The summed E-state index contributed by atoms with van der Waals surface area (Å²) in [6.07, 6.45) is 1.53. The van der Waals surface area contributed by atoms with Crippen molar-refractivity contribution in [2.24, 2.45) is 11.1 Å². The van der Waals surface area contributed by atoms with Crippen LogP contribution < -0.4 is 5.73 Å². The smallest absolute Gasteiger partial charge is 0.0566 e. The predicted molar refractivity (Wildman–Crippen MR) is 51.4 cm³/mol. The standard InChI is InChI=1S/C9H21NO3/c1-2-9(6-11,7-12)8-13-5-3-4-10/h11-12H,2-8,10H2,1H3. The number of aliphatic hydroxyl groups is 2. The number of aliphatic hydroxyl groups excluding tert-OH is 2. The molecule has 0 spiro atoms. The van der Waals surface area contributed by atoms with Crippen LogP contribution in [0.1, 0.15) is 19.8 Å². The normalized spacial score (nSPS) is 12.0. The van der Waals surface area contributed by atoms with Gasteiger partial charge in [0.1, 0.15) is 0 Å². The van der Waals surface area contributed by atoms with Crippen molar-refractivity contribution < 1.29 is 14.9 Å². The molecule has 0 rings (SSSR count). The largest absolute Gasteiger partial charge is 0.396 e. The van der Waals surface area contributed by atoms with Gasteiger partial charge in [-0.1, -0.05) is 6.92 Å². The summed E-state index contributed by atoms with van der Waals surface area (Å²) in [6, 6.07) is 0. The Kier molecular flexibility index (Phi) is 7.17. The lowest BCUT2D eigenvalue weighted by Crippen LogP contribution is -2.34. The number of hydrogen-bond donors (Lipinski definition) is 3. The summed E-state index contributed by atoms with van der Waals surface area (Å²) in [4.78, 5) is 0. The minimum Gasteiger partial charge on any atom is -0.396 e. The van der Waals surface area contributed by atoms with E-state index in [-0.39, 0.29) is 13.2 Å². The van der Waals surface area contributed by atoms with Crippen molar-refractivity contribution in [2.75, 3.05) is 33.0 Å². The van der Waals surface area contributed by atoms with Gasteiger partial charge in [0, 0.05) is 12.0 Å². The highest BCUT2D eigenvalue weighted by Gasteiger charge is 2.26. The maximum atomic E-state index is 9.07. The van der Waals surface area contributed by atoms with Crippen molar-refractivity contribution in [1.82, 2.24) is 0 Å². The van der Waals surface area contributed by atoms with Crippen LogP contribution in [0.3, 0.4) is 0 Å². The van der Waals surface area contributed by atoms with Gasteiger partial charge in [0.15, 0.2) is 0 Å². The Hall–Kier alpha value is -0.160. The molecule has 0 heterocycles. The second-order valence-electron chi connectivity index (χ2n) is 3.36. The van der Waals surface area contributed by atoms with E-state index >= 15 is 0 Å². The van der Waals surface area contributed by atoms with Crippen molar-refractivity contribution in [3.05, 3.63) is 0 Å². The van der Waals surface area contributed by atoms with E-state index in [2.05, 4.69) is 0 Å². The van der Waals surface area contributed by atoms with Gasteiger partial charge in [-0.05, 0) is 19.4 Å². The fourth-order valence-corrected chi connectivity index (χ4v) is 0.941. The molecule has 0 atom stereocenters. The molecule has 0 radical (unpaired) electrons. The van der Waals surface area contributed by atoms with Crippen LogP contribution in [0, 0.1) is 5.41 Å². The fraction of sp³-hybridized carbons (Fsp3) is 1.00. The van der Waals surface area contributed by atoms with Crippen LogP contribution in [0.2, 0.25) is 0 Å². The molecule has 0 saturated carbocycles. The van der Waals surface area contributed by atoms with Gasteiger partial charge in [0.25, 0.3) is 0 Å². The molecular weight excluding hydrogens is 170 g/mol. The summed E-state index contributed by atoms with van der Waals surface area (Å²) < 4.78 is 5.31. The van der Waals surface area contributed by atoms with Gasteiger partial charge in [-0.15, -0.1) is 0 Å². The third-order valence-electron chi connectivity index (χ3n) is 2.32. The van der Waals surface area contributed by atoms with Gasteiger partial charge in [-0.25, -0.2) is 0 Å². The van der Waals surface area contributed by atoms with E-state index < -0.39 is 5.41 Å². The van der Waals surface area contributed by atoms with E-state index in [0.717, 1.165) is 6.42 Å². The van der Waals surface area contributed by atoms with Gasteiger partial charge < -0.3 is 20.7 Å². The van der Waals surface area contributed by atoms with Gasteiger partial charge >= 0.3 is 0 Å². The van der Waals surface area contributed by atoms with Gasteiger partial charge in [-0.2, -0.15) is 0 Å². The van der Waals surface area contributed by atoms with Crippen molar-refractivity contribution in [3.63, 3.8) is 0 Å². The zero-order chi connectivity index (χ0) is 10.2.